The number of aryl methyl sites for hydroxylation is 1. The van der Waals surface area contributed by atoms with E-state index in [-0.39, 0.29) is 10.0 Å². The minimum absolute atomic E-state index is 0.0400. The fraction of sp³-hybridized carbons (Fsp3) is 0.200. The van der Waals surface area contributed by atoms with Crippen molar-refractivity contribution in [3.8, 4) is 6.07 Å². The SMILES string of the molecule is N#Cc1c(NC(=O)c2cccc(Br)c2F)sc2c1CCC2. The van der Waals surface area contributed by atoms with Gasteiger partial charge in [0.25, 0.3) is 5.91 Å². The molecule has 0 radical (unpaired) electrons. The molecule has 1 aromatic carbocycles. The summed E-state index contributed by atoms with van der Waals surface area (Å²) in [6.07, 6.45) is 2.86. The maximum atomic E-state index is 13.9. The number of thiophene rings is 1. The molecule has 0 spiro atoms. The highest BCUT2D eigenvalue weighted by Crippen LogP contribution is 2.38. The maximum Gasteiger partial charge on any atom is 0.259 e. The third-order valence-electron chi connectivity index (χ3n) is 3.46. The van der Waals surface area contributed by atoms with Crippen molar-refractivity contribution >= 4 is 38.2 Å². The predicted molar refractivity (Wildman–Crippen MR) is 83.1 cm³/mol. The minimum atomic E-state index is -0.599. The van der Waals surface area contributed by atoms with Gasteiger partial charge in [0, 0.05) is 4.88 Å². The van der Waals surface area contributed by atoms with Crippen molar-refractivity contribution in [2.45, 2.75) is 19.3 Å². The van der Waals surface area contributed by atoms with Crippen LogP contribution in [0, 0.1) is 17.1 Å². The summed E-state index contributed by atoms with van der Waals surface area (Å²) in [4.78, 5) is 13.4. The van der Waals surface area contributed by atoms with Crippen LogP contribution in [0.1, 0.15) is 32.8 Å². The average Bonchev–Trinajstić information content (AvgIpc) is 3.02. The highest BCUT2D eigenvalue weighted by atomic mass is 79.9. The smallest absolute Gasteiger partial charge is 0.259 e. The molecule has 3 rings (SSSR count). The van der Waals surface area contributed by atoms with E-state index in [1.165, 1.54) is 23.5 Å². The number of amides is 1. The second-order valence-corrected chi connectivity index (χ2v) is 6.69. The Bertz CT molecular complexity index is 779. The lowest BCUT2D eigenvalue weighted by Gasteiger charge is -2.06. The molecule has 21 heavy (non-hydrogen) atoms. The molecule has 0 aliphatic heterocycles. The largest absolute Gasteiger partial charge is 0.312 e. The number of carbonyl (C=O) groups excluding carboxylic acids is 1. The molecule has 1 heterocycles. The number of rotatable bonds is 2. The Balaban J connectivity index is 1.93. The van der Waals surface area contributed by atoms with Crippen molar-refractivity contribution in [2.24, 2.45) is 0 Å². The van der Waals surface area contributed by atoms with Crippen LogP contribution in [0.2, 0.25) is 0 Å². The van der Waals surface area contributed by atoms with Crippen LogP contribution in [-0.2, 0) is 12.8 Å². The Morgan fingerprint density at radius 1 is 1.43 bits per heavy atom. The zero-order valence-corrected chi connectivity index (χ0v) is 13.3. The molecule has 6 heteroatoms. The highest BCUT2D eigenvalue weighted by molar-refractivity contribution is 9.10. The summed E-state index contributed by atoms with van der Waals surface area (Å²) in [6.45, 7) is 0. The molecule has 1 aliphatic carbocycles. The zero-order valence-electron chi connectivity index (χ0n) is 10.9. The minimum Gasteiger partial charge on any atom is -0.312 e. The van der Waals surface area contributed by atoms with Gasteiger partial charge in [0.1, 0.15) is 16.9 Å². The second-order valence-electron chi connectivity index (χ2n) is 4.73. The number of carbonyl (C=O) groups is 1. The zero-order chi connectivity index (χ0) is 15.0. The summed E-state index contributed by atoms with van der Waals surface area (Å²) < 4.78 is 14.2. The number of hydrogen-bond donors (Lipinski definition) is 1. The molecule has 0 bridgehead atoms. The first-order chi connectivity index (χ1) is 10.1. The monoisotopic (exact) mass is 364 g/mol. The van der Waals surface area contributed by atoms with Crippen LogP contribution in [-0.4, -0.2) is 5.91 Å². The topological polar surface area (TPSA) is 52.9 Å². The van der Waals surface area contributed by atoms with Crippen molar-refractivity contribution in [1.29, 1.82) is 5.26 Å². The summed E-state index contributed by atoms with van der Waals surface area (Å²) in [6, 6.07) is 6.70. The first kappa shape index (κ1) is 14.2. The van der Waals surface area contributed by atoms with E-state index in [9.17, 15) is 14.4 Å². The Morgan fingerprint density at radius 3 is 3.00 bits per heavy atom. The highest BCUT2D eigenvalue weighted by Gasteiger charge is 2.24. The van der Waals surface area contributed by atoms with Crippen LogP contribution >= 0.6 is 27.3 Å². The lowest BCUT2D eigenvalue weighted by molar-refractivity contribution is 0.102. The molecule has 0 atom stereocenters. The summed E-state index contributed by atoms with van der Waals surface area (Å²) >= 11 is 4.48. The molecule has 0 fully saturated rings. The fourth-order valence-corrected chi connectivity index (χ4v) is 4.06. The number of anilines is 1. The molecule has 0 unspecified atom stereocenters. The molecule has 1 aromatic heterocycles. The van der Waals surface area contributed by atoms with Gasteiger partial charge in [0.15, 0.2) is 0 Å². The van der Waals surface area contributed by atoms with Crippen LogP contribution in [0.15, 0.2) is 22.7 Å². The van der Waals surface area contributed by atoms with Crippen molar-refractivity contribution in [2.75, 3.05) is 5.32 Å². The van der Waals surface area contributed by atoms with E-state index in [4.69, 9.17) is 0 Å². The summed E-state index contributed by atoms with van der Waals surface area (Å²) in [5, 5.41) is 12.5. The van der Waals surface area contributed by atoms with Crippen LogP contribution in [0.3, 0.4) is 0 Å². The quantitative estimate of drug-likeness (QED) is 0.865. The van der Waals surface area contributed by atoms with Gasteiger partial charge in [-0.25, -0.2) is 4.39 Å². The van der Waals surface area contributed by atoms with Crippen LogP contribution < -0.4 is 5.32 Å². The lowest BCUT2D eigenvalue weighted by Crippen LogP contribution is -2.14. The van der Waals surface area contributed by atoms with Crippen LogP contribution in [0.25, 0.3) is 0 Å². The Morgan fingerprint density at radius 2 is 2.24 bits per heavy atom. The molecular weight excluding hydrogens is 355 g/mol. The van der Waals surface area contributed by atoms with E-state index in [0.29, 0.717) is 10.6 Å². The molecular formula is C15H10BrFN2OS. The average molecular weight is 365 g/mol. The molecule has 3 nitrogen and oxygen atoms in total. The van der Waals surface area contributed by atoms with Crippen molar-refractivity contribution in [3.05, 3.63) is 50.1 Å². The number of fused-ring (bicyclic) bond motifs is 1. The Labute approximate surface area is 133 Å². The van der Waals surface area contributed by atoms with Crippen molar-refractivity contribution < 1.29 is 9.18 Å². The molecule has 106 valence electrons. The van der Waals surface area contributed by atoms with Gasteiger partial charge >= 0.3 is 0 Å². The predicted octanol–water partition coefficient (Wildman–Crippen LogP) is 4.26. The number of benzene rings is 1. The number of nitrogens with zero attached hydrogens (tertiary/aromatic N) is 1. The summed E-state index contributed by atoms with van der Waals surface area (Å²) in [7, 11) is 0. The van der Waals surface area contributed by atoms with Crippen molar-refractivity contribution in [3.63, 3.8) is 0 Å². The third kappa shape index (κ3) is 2.47. The number of nitrogens with one attached hydrogen (secondary N) is 1. The first-order valence-electron chi connectivity index (χ1n) is 6.42. The Hall–Kier alpha value is -1.71. The number of nitriles is 1. The molecule has 0 saturated heterocycles. The molecule has 1 amide bonds. The second kappa shape index (κ2) is 5.58. The number of hydrogen-bond acceptors (Lipinski definition) is 3. The van der Waals surface area contributed by atoms with Gasteiger partial charge in [-0.3, -0.25) is 4.79 Å². The fourth-order valence-electron chi connectivity index (χ4n) is 2.46. The maximum absolute atomic E-state index is 13.9. The molecule has 1 aliphatic rings. The molecule has 0 saturated carbocycles. The van der Waals surface area contributed by atoms with E-state index in [1.54, 1.807) is 6.07 Å². The van der Waals surface area contributed by atoms with Gasteiger partial charge < -0.3 is 5.32 Å². The Kier molecular flexibility index (Phi) is 3.79. The third-order valence-corrected chi connectivity index (χ3v) is 5.28. The van der Waals surface area contributed by atoms with E-state index in [1.807, 2.05) is 0 Å². The summed E-state index contributed by atoms with van der Waals surface area (Å²) in [5.41, 5.74) is 1.52. The van der Waals surface area contributed by atoms with Gasteiger partial charge in [-0.15, -0.1) is 11.3 Å². The standard InChI is InChI=1S/C15H10BrFN2OS/c16-11-5-1-4-9(13(11)17)14(20)19-15-10(7-18)8-3-2-6-12(8)21-15/h1,4-5H,2-3,6H2,(H,19,20). The van der Waals surface area contributed by atoms with Crippen LogP contribution in [0.4, 0.5) is 9.39 Å². The van der Waals surface area contributed by atoms with Gasteiger partial charge in [-0.1, -0.05) is 6.07 Å². The van der Waals surface area contributed by atoms with Gasteiger partial charge in [0.05, 0.1) is 15.6 Å². The van der Waals surface area contributed by atoms with Gasteiger partial charge in [-0.05, 0) is 52.9 Å². The molecule has 2 aromatic rings. The van der Waals surface area contributed by atoms with Gasteiger partial charge in [-0.2, -0.15) is 5.26 Å². The normalized spacial score (nSPS) is 12.8. The van der Waals surface area contributed by atoms with E-state index < -0.39 is 11.7 Å². The van der Waals surface area contributed by atoms with Crippen LogP contribution in [0.5, 0.6) is 0 Å². The molecule has 1 N–H and O–H groups in total. The van der Waals surface area contributed by atoms with E-state index in [2.05, 4.69) is 27.3 Å². The lowest BCUT2D eigenvalue weighted by atomic mass is 10.1. The van der Waals surface area contributed by atoms with E-state index >= 15 is 0 Å². The van der Waals surface area contributed by atoms with Gasteiger partial charge in [0.2, 0.25) is 0 Å². The van der Waals surface area contributed by atoms with E-state index in [0.717, 1.165) is 29.7 Å². The summed E-state index contributed by atoms with van der Waals surface area (Å²) in [5.74, 6) is -1.14. The number of halogens is 2. The first-order valence-corrected chi connectivity index (χ1v) is 8.02. The van der Waals surface area contributed by atoms with Crippen molar-refractivity contribution in [1.82, 2.24) is 0 Å².